The summed E-state index contributed by atoms with van der Waals surface area (Å²) in [5.74, 6) is 0.468. The van der Waals surface area contributed by atoms with E-state index in [2.05, 4.69) is 14.9 Å². The molecule has 5 rings (SSSR count). The van der Waals surface area contributed by atoms with Crippen LogP contribution in [0.1, 0.15) is 28.8 Å². The Balaban J connectivity index is 1.49. The van der Waals surface area contributed by atoms with E-state index in [1.165, 1.54) is 12.3 Å². The first-order chi connectivity index (χ1) is 19.7. The highest BCUT2D eigenvalue weighted by Crippen LogP contribution is 2.34. The molecule has 0 aliphatic carbocycles. The molecule has 2 aromatic heterocycles. The summed E-state index contributed by atoms with van der Waals surface area (Å²) >= 11 is 0. The molecule has 10 heteroatoms. The van der Waals surface area contributed by atoms with E-state index in [0.717, 1.165) is 11.1 Å². The van der Waals surface area contributed by atoms with Crippen LogP contribution in [0.3, 0.4) is 0 Å². The topological polar surface area (TPSA) is 119 Å². The highest BCUT2D eigenvalue weighted by atomic mass is 32.2. The minimum atomic E-state index is -4.05. The molecule has 1 amide bonds. The molecule has 0 fully saturated rings. The third-order valence-electron chi connectivity index (χ3n) is 6.94. The lowest BCUT2D eigenvalue weighted by molar-refractivity contribution is -0.130. The summed E-state index contributed by atoms with van der Waals surface area (Å²) in [4.78, 5) is 19.1. The van der Waals surface area contributed by atoms with Gasteiger partial charge >= 0.3 is 0 Å². The fraction of sp³-hybridized carbons (Fsp3) is 0.194. The molecule has 1 N–H and O–H groups in total. The molecule has 3 aromatic carbocycles. The molecule has 5 aromatic rings. The largest absolute Gasteiger partial charge is 0.445 e. The first-order valence-electron chi connectivity index (χ1n) is 13.1. The molecule has 0 bridgehead atoms. The van der Waals surface area contributed by atoms with E-state index in [0.29, 0.717) is 46.7 Å². The Kier molecular flexibility index (Phi) is 8.02. The Labute approximate surface area is 238 Å². The van der Waals surface area contributed by atoms with Crippen LogP contribution in [0.5, 0.6) is 0 Å². The van der Waals surface area contributed by atoms with Crippen LogP contribution in [0.25, 0.3) is 22.6 Å². The zero-order valence-corrected chi connectivity index (χ0v) is 23.8. The van der Waals surface area contributed by atoms with Gasteiger partial charge in [0, 0.05) is 36.7 Å². The van der Waals surface area contributed by atoms with E-state index in [4.69, 9.17) is 8.94 Å². The molecule has 0 atom stereocenters. The van der Waals surface area contributed by atoms with Gasteiger partial charge in [0.2, 0.25) is 17.7 Å². The molecule has 210 valence electrons. The van der Waals surface area contributed by atoms with Crippen LogP contribution >= 0.6 is 0 Å². The minimum absolute atomic E-state index is 0.0277. The van der Waals surface area contributed by atoms with Crippen molar-refractivity contribution in [3.63, 3.8) is 0 Å². The first kappa shape index (κ1) is 27.9. The first-order valence-corrected chi connectivity index (χ1v) is 14.6. The van der Waals surface area contributed by atoms with Crippen molar-refractivity contribution in [2.75, 3.05) is 11.8 Å². The second kappa shape index (κ2) is 11.8. The molecule has 41 heavy (non-hydrogen) atoms. The number of hydrogen-bond acceptors (Lipinski definition) is 7. The number of nitrogens with one attached hydrogen (secondary N) is 1. The Morgan fingerprint density at radius 2 is 1.73 bits per heavy atom. The van der Waals surface area contributed by atoms with Gasteiger partial charge in [0.15, 0.2) is 0 Å². The second-order valence-electron chi connectivity index (χ2n) is 9.77. The number of rotatable bonds is 10. The van der Waals surface area contributed by atoms with Gasteiger partial charge in [-0.25, -0.2) is 18.1 Å². The molecule has 0 aliphatic rings. The van der Waals surface area contributed by atoms with E-state index in [-0.39, 0.29) is 23.2 Å². The Morgan fingerprint density at radius 3 is 2.44 bits per heavy atom. The Bertz CT molecular complexity index is 1760. The van der Waals surface area contributed by atoms with Crippen molar-refractivity contribution in [2.24, 2.45) is 0 Å². The van der Waals surface area contributed by atoms with Crippen LogP contribution in [-0.2, 0) is 27.8 Å². The third kappa shape index (κ3) is 6.22. The smallest absolute Gasteiger partial charge is 0.264 e. The van der Waals surface area contributed by atoms with Crippen molar-refractivity contribution in [1.29, 1.82) is 0 Å². The van der Waals surface area contributed by atoms with Gasteiger partial charge in [-0.3, -0.25) is 4.79 Å². The number of amides is 1. The van der Waals surface area contributed by atoms with Crippen LogP contribution in [0.4, 0.5) is 5.88 Å². The summed E-state index contributed by atoms with van der Waals surface area (Å²) in [6, 6.07) is 22.1. The van der Waals surface area contributed by atoms with Crippen LogP contribution in [0.2, 0.25) is 0 Å². The van der Waals surface area contributed by atoms with Gasteiger partial charge in [-0.2, -0.15) is 0 Å². The molecular weight excluding hydrogens is 540 g/mol. The summed E-state index contributed by atoms with van der Waals surface area (Å²) < 4.78 is 40.4. The van der Waals surface area contributed by atoms with Gasteiger partial charge in [0.05, 0.1) is 16.8 Å². The molecule has 0 aliphatic heterocycles. The molecule has 0 radical (unpaired) electrons. The summed E-state index contributed by atoms with van der Waals surface area (Å²) in [5.41, 5.74) is 4.89. The highest BCUT2D eigenvalue weighted by molar-refractivity contribution is 7.92. The SMILES string of the molecule is Cc1noc(NS(=O)(=O)c2ccccc2-c2ccc(-c3ncco3)cc2CN(C)C(=O)CCc2ccccc2)c1C. The lowest BCUT2D eigenvalue weighted by Crippen LogP contribution is -2.26. The second-order valence-corrected chi connectivity index (χ2v) is 11.4. The van der Waals surface area contributed by atoms with Crippen molar-refractivity contribution < 1.29 is 22.2 Å². The number of benzene rings is 3. The minimum Gasteiger partial charge on any atom is -0.445 e. The summed E-state index contributed by atoms with van der Waals surface area (Å²) in [6.07, 6.45) is 4.02. The van der Waals surface area contributed by atoms with E-state index in [9.17, 15) is 13.2 Å². The number of hydrogen-bond donors (Lipinski definition) is 1. The van der Waals surface area contributed by atoms with Crippen LogP contribution in [0, 0.1) is 13.8 Å². The predicted molar refractivity (Wildman–Crippen MR) is 155 cm³/mol. The van der Waals surface area contributed by atoms with Gasteiger partial charge in [0.1, 0.15) is 6.26 Å². The molecule has 0 saturated heterocycles. The number of aryl methyl sites for hydroxylation is 2. The molecular formula is C31H30N4O5S. The lowest BCUT2D eigenvalue weighted by atomic mass is 9.96. The number of anilines is 1. The number of nitrogens with zero attached hydrogens (tertiary/aromatic N) is 3. The fourth-order valence-corrected chi connectivity index (χ4v) is 5.80. The normalized spacial score (nSPS) is 11.4. The van der Waals surface area contributed by atoms with Crippen LogP contribution < -0.4 is 4.72 Å². The standard InChI is InChI=1S/C31H30N4O5S/c1-21-22(2)33-40-30(21)34-41(37,38)28-12-8-7-11-27(28)26-15-14-24(31-32-17-18-39-31)19-25(26)20-35(3)29(36)16-13-23-9-5-4-6-10-23/h4-12,14-15,17-19,34H,13,16,20H2,1-3H3. The van der Waals surface area contributed by atoms with E-state index in [1.54, 1.807) is 50.2 Å². The zero-order valence-electron chi connectivity index (χ0n) is 23.0. The summed E-state index contributed by atoms with van der Waals surface area (Å²) in [6.45, 7) is 3.73. The average Bonchev–Trinajstić information content (AvgIpc) is 3.63. The maximum absolute atomic E-state index is 13.6. The lowest BCUT2D eigenvalue weighted by Gasteiger charge is -2.21. The Morgan fingerprint density at radius 1 is 0.976 bits per heavy atom. The Hall–Kier alpha value is -4.70. The van der Waals surface area contributed by atoms with Crippen molar-refractivity contribution >= 4 is 21.8 Å². The fourth-order valence-electron chi connectivity index (χ4n) is 4.53. The van der Waals surface area contributed by atoms with Gasteiger partial charge in [-0.15, -0.1) is 0 Å². The van der Waals surface area contributed by atoms with Crippen molar-refractivity contribution in [1.82, 2.24) is 15.0 Å². The highest BCUT2D eigenvalue weighted by Gasteiger charge is 2.24. The summed E-state index contributed by atoms with van der Waals surface area (Å²) in [7, 11) is -2.31. The van der Waals surface area contributed by atoms with Crippen LogP contribution in [-0.4, -0.2) is 36.4 Å². The monoisotopic (exact) mass is 570 g/mol. The van der Waals surface area contributed by atoms with Gasteiger partial charge in [-0.1, -0.05) is 59.8 Å². The number of oxazole rings is 1. The third-order valence-corrected chi connectivity index (χ3v) is 8.33. The van der Waals surface area contributed by atoms with Gasteiger partial charge < -0.3 is 13.8 Å². The molecule has 0 saturated carbocycles. The maximum atomic E-state index is 13.6. The molecule has 0 spiro atoms. The zero-order chi connectivity index (χ0) is 29.0. The number of aromatic nitrogens is 2. The van der Waals surface area contributed by atoms with Crippen molar-refractivity contribution in [2.45, 2.75) is 38.1 Å². The molecule has 9 nitrogen and oxygen atoms in total. The van der Waals surface area contributed by atoms with Gasteiger partial charge in [-0.05, 0) is 55.2 Å². The average molecular weight is 571 g/mol. The molecule has 0 unspecified atom stereocenters. The van der Waals surface area contributed by atoms with E-state index in [1.807, 2.05) is 48.5 Å². The van der Waals surface area contributed by atoms with Crippen molar-refractivity contribution in [3.8, 4) is 22.6 Å². The predicted octanol–water partition coefficient (Wildman–Crippen LogP) is 6.01. The van der Waals surface area contributed by atoms with E-state index < -0.39 is 10.0 Å². The number of carbonyl (C=O) groups is 1. The van der Waals surface area contributed by atoms with E-state index >= 15 is 0 Å². The van der Waals surface area contributed by atoms with Gasteiger partial charge in [0.25, 0.3) is 10.0 Å². The summed E-state index contributed by atoms with van der Waals surface area (Å²) in [5, 5.41) is 3.85. The number of sulfonamides is 1. The van der Waals surface area contributed by atoms with Crippen LogP contribution in [0.15, 0.2) is 99.1 Å². The van der Waals surface area contributed by atoms with Crippen molar-refractivity contribution in [3.05, 3.63) is 108 Å². The maximum Gasteiger partial charge on any atom is 0.264 e. The quantitative estimate of drug-likeness (QED) is 0.219. The molecule has 2 heterocycles. The number of carbonyl (C=O) groups excluding carboxylic acids is 1.